The summed E-state index contributed by atoms with van der Waals surface area (Å²) in [6.07, 6.45) is 3.86. The highest BCUT2D eigenvalue weighted by molar-refractivity contribution is 5.86. The van der Waals surface area contributed by atoms with Crippen molar-refractivity contribution in [2.24, 2.45) is 0 Å². The van der Waals surface area contributed by atoms with Gasteiger partial charge in [-0.15, -0.1) is 0 Å². The van der Waals surface area contributed by atoms with Crippen molar-refractivity contribution in [3.63, 3.8) is 0 Å². The van der Waals surface area contributed by atoms with Crippen molar-refractivity contribution >= 4 is 16.6 Å². The third-order valence-corrected chi connectivity index (χ3v) is 4.35. The fourth-order valence-corrected chi connectivity index (χ4v) is 2.98. The number of nitrogens with zero attached hydrogens (tertiary/aromatic N) is 1. The van der Waals surface area contributed by atoms with Crippen LogP contribution in [0.3, 0.4) is 0 Å². The number of aryl methyl sites for hydroxylation is 2. The fourth-order valence-electron chi connectivity index (χ4n) is 2.98. The summed E-state index contributed by atoms with van der Waals surface area (Å²) < 4.78 is 13.1. The van der Waals surface area contributed by atoms with E-state index >= 15 is 0 Å². The van der Waals surface area contributed by atoms with Crippen molar-refractivity contribution in [1.82, 2.24) is 9.97 Å². The Kier molecular flexibility index (Phi) is 4.33. The second-order valence-electron chi connectivity index (χ2n) is 5.99. The number of rotatable bonds is 5. The predicted molar refractivity (Wildman–Crippen MR) is 93.2 cm³/mol. The van der Waals surface area contributed by atoms with E-state index in [0.717, 1.165) is 29.7 Å². The minimum atomic E-state index is -0.224. The zero-order valence-electron chi connectivity index (χ0n) is 13.8. The van der Waals surface area contributed by atoms with Gasteiger partial charge in [-0.1, -0.05) is 13.3 Å². The number of halogens is 1. The number of hydrogen-bond donors (Lipinski definition) is 2. The molecule has 23 heavy (non-hydrogen) atoms. The van der Waals surface area contributed by atoms with Crippen molar-refractivity contribution < 1.29 is 4.39 Å². The van der Waals surface area contributed by atoms with E-state index in [1.165, 1.54) is 28.8 Å². The molecule has 4 heteroatoms. The average Bonchev–Trinajstić information content (AvgIpc) is 2.84. The molecule has 1 unspecified atom stereocenters. The Morgan fingerprint density at radius 3 is 2.61 bits per heavy atom. The molecule has 0 aliphatic rings. The molecule has 0 aliphatic heterocycles. The number of fused-ring (bicyclic) bond motifs is 1. The van der Waals surface area contributed by atoms with Crippen molar-refractivity contribution in [2.45, 2.75) is 39.7 Å². The Morgan fingerprint density at radius 1 is 1.17 bits per heavy atom. The molecule has 0 amide bonds. The average molecular weight is 311 g/mol. The maximum Gasteiger partial charge on any atom is 0.123 e. The molecule has 3 rings (SSSR count). The van der Waals surface area contributed by atoms with Crippen LogP contribution in [0, 0.1) is 19.7 Å². The van der Waals surface area contributed by atoms with Gasteiger partial charge in [0.2, 0.25) is 0 Å². The molecule has 2 N–H and O–H groups in total. The van der Waals surface area contributed by atoms with E-state index in [4.69, 9.17) is 0 Å². The van der Waals surface area contributed by atoms with Crippen LogP contribution >= 0.6 is 0 Å². The summed E-state index contributed by atoms with van der Waals surface area (Å²) in [5.41, 5.74) is 5.45. The lowest BCUT2D eigenvalue weighted by molar-refractivity contribution is 0.627. The zero-order valence-corrected chi connectivity index (χ0v) is 13.8. The predicted octanol–water partition coefficient (Wildman–Crippen LogP) is 5.27. The quantitative estimate of drug-likeness (QED) is 0.673. The number of aromatic amines is 1. The van der Waals surface area contributed by atoms with Crippen LogP contribution in [-0.2, 0) is 0 Å². The smallest absolute Gasteiger partial charge is 0.123 e. The van der Waals surface area contributed by atoms with Crippen molar-refractivity contribution in [2.75, 3.05) is 5.32 Å². The number of benzene rings is 1. The molecular formula is C19H22FN3. The molecule has 2 heterocycles. The molecule has 0 saturated heterocycles. The van der Waals surface area contributed by atoms with Gasteiger partial charge in [-0.2, -0.15) is 0 Å². The number of pyridine rings is 1. The second-order valence-corrected chi connectivity index (χ2v) is 5.99. The first-order valence-electron chi connectivity index (χ1n) is 8.06. The molecule has 0 aliphatic carbocycles. The highest BCUT2D eigenvalue weighted by Gasteiger charge is 2.18. The van der Waals surface area contributed by atoms with E-state index in [-0.39, 0.29) is 11.9 Å². The van der Waals surface area contributed by atoms with Crippen LogP contribution in [0.2, 0.25) is 0 Å². The maximum atomic E-state index is 13.1. The first-order valence-corrected chi connectivity index (χ1v) is 8.06. The molecular weight excluding hydrogens is 289 g/mol. The molecule has 0 bridgehead atoms. The Morgan fingerprint density at radius 2 is 1.91 bits per heavy atom. The molecule has 0 radical (unpaired) electrons. The van der Waals surface area contributed by atoms with Gasteiger partial charge in [0.05, 0.1) is 17.3 Å². The number of hydrogen-bond acceptors (Lipinski definition) is 2. The largest absolute Gasteiger partial charge is 0.377 e. The summed E-state index contributed by atoms with van der Waals surface area (Å²) in [7, 11) is 0. The molecule has 0 fully saturated rings. The van der Waals surface area contributed by atoms with Crippen LogP contribution < -0.4 is 5.32 Å². The molecule has 3 aromatic rings. The Balaban J connectivity index is 2.01. The lowest BCUT2D eigenvalue weighted by atomic mass is 10.0. The van der Waals surface area contributed by atoms with Gasteiger partial charge in [-0.05, 0) is 56.2 Å². The van der Waals surface area contributed by atoms with E-state index in [0.29, 0.717) is 0 Å². The Hall–Kier alpha value is -2.36. The summed E-state index contributed by atoms with van der Waals surface area (Å²) in [4.78, 5) is 8.09. The van der Waals surface area contributed by atoms with Crippen LogP contribution in [0.1, 0.15) is 42.8 Å². The second kappa shape index (κ2) is 6.41. The van der Waals surface area contributed by atoms with Crippen LogP contribution in [-0.4, -0.2) is 9.97 Å². The van der Waals surface area contributed by atoms with Gasteiger partial charge in [0.1, 0.15) is 5.82 Å². The number of aromatic nitrogens is 2. The lowest BCUT2D eigenvalue weighted by Crippen LogP contribution is -2.13. The maximum absolute atomic E-state index is 13.1. The topological polar surface area (TPSA) is 40.7 Å². The highest BCUT2D eigenvalue weighted by Crippen LogP contribution is 2.30. The van der Waals surface area contributed by atoms with Gasteiger partial charge in [0.15, 0.2) is 0 Å². The molecule has 2 aromatic heterocycles. The van der Waals surface area contributed by atoms with E-state index in [2.05, 4.69) is 42.1 Å². The normalized spacial score (nSPS) is 12.5. The lowest BCUT2D eigenvalue weighted by Gasteiger charge is -2.19. The SMILES string of the molecule is CCCC(Nc1ccc(F)cc1)c1nccc2c(C)c(C)[nH]c12. The van der Waals surface area contributed by atoms with Crippen LogP contribution in [0.15, 0.2) is 36.5 Å². The summed E-state index contributed by atoms with van der Waals surface area (Å²) in [5.74, 6) is -0.224. The van der Waals surface area contributed by atoms with E-state index in [1.54, 1.807) is 12.1 Å². The first kappa shape index (κ1) is 15.5. The van der Waals surface area contributed by atoms with Gasteiger partial charge < -0.3 is 10.3 Å². The fraction of sp³-hybridized carbons (Fsp3) is 0.316. The van der Waals surface area contributed by atoms with Gasteiger partial charge in [-0.25, -0.2) is 4.39 Å². The van der Waals surface area contributed by atoms with E-state index in [1.807, 2.05) is 6.20 Å². The number of anilines is 1. The van der Waals surface area contributed by atoms with Crippen LogP contribution in [0.4, 0.5) is 10.1 Å². The van der Waals surface area contributed by atoms with Gasteiger partial charge in [-0.3, -0.25) is 4.98 Å². The summed E-state index contributed by atoms with van der Waals surface area (Å²) in [6, 6.07) is 8.63. The van der Waals surface area contributed by atoms with E-state index < -0.39 is 0 Å². The monoisotopic (exact) mass is 311 g/mol. The van der Waals surface area contributed by atoms with Crippen molar-refractivity contribution in [3.8, 4) is 0 Å². The third-order valence-electron chi connectivity index (χ3n) is 4.35. The molecule has 1 aromatic carbocycles. The zero-order chi connectivity index (χ0) is 16.4. The molecule has 0 saturated carbocycles. The molecule has 3 nitrogen and oxygen atoms in total. The molecule has 120 valence electrons. The minimum Gasteiger partial charge on any atom is -0.377 e. The third kappa shape index (κ3) is 3.07. The van der Waals surface area contributed by atoms with Crippen molar-refractivity contribution in [3.05, 3.63) is 59.3 Å². The van der Waals surface area contributed by atoms with Crippen molar-refractivity contribution in [1.29, 1.82) is 0 Å². The first-order chi connectivity index (χ1) is 11.1. The number of H-pyrrole nitrogens is 1. The molecule has 1 atom stereocenters. The summed E-state index contributed by atoms with van der Waals surface area (Å²) >= 11 is 0. The van der Waals surface area contributed by atoms with Gasteiger partial charge >= 0.3 is 0 Å². The summed E-state index contributed by atoms with van der Waals surface area (Å²) in [5, 5.41) is 4.71. The van der Waals surface area contributed by atoms with Gasteiger partial charge in [0.25, 0.3) is 0 Å². The highest BCUT2D eigenvalue weighted by atomic mass is 19.1. The summed E-state index contributed by atoms with van der Waals surface area (Å²) in [6.45, 7) is 6.37. The van der Waals surface area contributed by atoms with Crippen LogP contribution in [0.5, 0.6) is 0 Å². The molecule has 0 spiro atoms. The van der Waals surface area contributed by atoms with E-state index in [9.17, 15) is 4.39 Å². The standard InChI is InChI=1S/C19H22FN3/c1-4-5-17(23-15-8-6-14(20)7-9-15)19-18-16(10-11-21-19)12(2)13(3)22-18/h6-11,17,22-23H,4-5H2,1-3H3. The minimum absolute atomic E-state index is 0.0895. The van der Waals surface area contributed by atoms with Crippen LogP contribution in [0.25, 0.3) is 10.9 Å². The Bertz CT molecular complexity index is 805. The Labute approximate surface area is 136 Å². The van der Waals surface area contributed by atoms with Gasteiger partial charge in [0, 0.05) is 23.0 Å². The number of nitrogens with one attached hydrogen (secondary N) is 2.